The molecule has 0 saturated heterocycles. The quantitative estimate of drug-likeness (QED) is 0.361. The maximum absolute atomic E-state index is 13.5. The number of rotatable bonds is 3. The van der Waals surface area contributed by atoms with Crippen LogP contribution in [-0.2, 0) is 10.5 Å². The Morgan fingerprint density at radius 1 is 1.03 bits per heavy atom. The summed E-state index contributed by atoms with van der Waals surface area (Å²) in [5.41, 5.74) is 4.25. The molecule has 0 spiro atoms. The third-order valence-electron chi connectivity index (χ3n) is 4.97. The number of amides is 1. The van der Waals surface area contributed by atoms with Crippen molar-refractivity contribution in [2.45, 2.75) is 16.6 Å². The molecule has 0 bridgehead atoms. The number of benzene rings is 2. The van der Waals surface area contributed by atoms with Crippen LogP contribution in [0.25, 0.3) is 10.4 Å². The lowest BCUT2D eigenvalue weighted by Gasteiger charge is -2.18. The molecule has 1 atom stereocenters. The van der Waals surface area contributed by atoms with Gasteiger partial charge in [0.2, 0.25) is 5.91 Å². The van der Waals surface area contributed by atoms with Crippen LogP contribution in [-0.4, -0.2) is 15.9 Å². The highest BCUT2D eigenvalue weighted by Gasteiger charge is 2.30. The van der Waals surface area contributed by atoms with Crippen LogP contribution in [0.15, 0.2) is 82.6 Å². The van der Waals surface area contributed by atoms with Crippen LogP contribution in [0.4, 0.5) is 5.13 Å². The second kappa shape index (κ2) is 8.34. The molecule has 0 aliphatic carbocycles. The van der Waals surface area contributed by atoms with Crippen molar-refractivity contribution < 1.29 is 4.79 Å². The van der Waals surface area contributed by atoms with Gasteiger partial charge >= 0.3 is 0 Å². The molecule has 0 fully saturated rings. The molecule has 2 aromatic heterocycles. The Morgan fingerprint density at radius 3 is 2.70 bits per heavy atom. The fourth-order valence-electron chi connectivity index (χ4n) is 3.59. The van der Waals surface area contributed by atoms with Gasteiger partial charge in [0.15, 0.2) is 5.13 Å². The van der Waals surface area contributed by atoms with E-state index in [1.54, 1.807) is 30.4 Å². The molecule has 0 radical (unpaired) electrons. The summed E-state index contributed by atoms with van der Waals surface area (Å²) in [6.45, 7) is 0. The number of thioether (sulfide) groups is 1. The maximum Gasteiger partial charge on any atom is 0.238 e. The van der Waals surface area contributed by atoms with Crippen LogP contribution in [0.3, 0.4) is 0 Å². The van der Waals surface area contributed by atoms with E-state index in [1.807, 2.05) is 30.3 Å². The monoisotopic (exact) mass is 493 g/mol. The highest BCUT2D eigenvalue weighted by atomic mass is 79.9. The predicted molar refractivity (Wildman–Crippen MR) is 126 cm³/mol. The molecule has 5 rings (SSSR count). The molecule has 30 heavy (non-hydrogen) atoms. The van der Waals surface area contributed by atoms with Crippen molar-refractivity contribution >= 4 is 50.1 Å². The van der Waals surface area contributed by atoms with Gasteiger partial charge in [0.25, 0.3) is 0 Å². The summed E-state index contributed by atoms with van der Waals surface area (Å²) in [5.74, 6) is 0.423. The highest BCUT2D eigenvalue weighted by Crippen LogP contribution is 2.41. The van der Waals surface area contributed by atoms with Crippen LogP contribution in [0, 0.1) is 0 Å². The Labute approximate surface area is 190 Å². The van der Waals surface area contributed by atoms with Gasteiger partial charge in [0.05, 0.1) is 10.8 Å². The molecule has 0 saturated carbocycles. The second-order valence-electron chi connectivity index (χ2n) is 6.87. The van der Waals surface area contributed by atoms with Crippen LogP contribution in [0.1, 0.15) is 22.6 Å². The number of carbonyl (C=O) groups is 1. The fourth-order valence-corrected chi connectivity index (χ4v) is 5.86. The summed E-state index contributed by atoms with van der Waals surface area (Å²) in [4.78, 5) is 24.2. The fraction of sp³-hybridized carbons (Fsp3) is 0.0870. The summed E-state index contributed by atoms with van der Waals surface area (Å²) >= 11 is 6.67. The number of nitrogens with zero attached hydrogens (tertiary/aromatic N) is 2. The zero-order chi connectivity index (χ0) is 20.5. The van der Waals surface area contributed by atoms with Crippen molar-refractivity contribution in [1.82, 2.24) is 9.97 Å². The Morgan fingerprint density at radius 2 is 1.83 bits per heavy atom. The van der Waals surface area contributed by atoms with Gasteiger partial charge in [-0.15, -0.1) is 11.8 Å². The van der Waals surface area contributed by atoms with Gasteiger partial charge in [0, 0.05) is 39.3 Å². The number of anilines is 1. The van der Waals surface area contributed by atoms with Crippen molar-refractivity contribution in [1.29, 1.82) is 0 Å². The summed E-state index contributed by atoms with van der Waals surface area (Å²) in [5, 5.41) is 3.64. The van der Waals surface area contributed by atoms with Gasteiger partial charge < -0.3 is 5.32 Å². The number of carbonyl (C=O) groups excluding carboxylic acids is 1. The predicted octanol–water partition coefficient (Wildman–Crippen LogP) is 6.34. The van der Waals surface area contributed by atoms with E-state index >= 15 is 0 Å². The number of hydrogen-bond donors (Lipinski definition) is 1. The average Bonchev–Trinajstić information content (AvgIpc) is 3.15. The molecular weight excluding hydrogens is 478 g/mol. The highest BCUT2D eigenvalue weighted by molar-refractivity contribution is 9.10. The SMILES string of the molecule is O=C(Nc1ncc(-c2cncc(Br)c2)s1)C1c2ccccc2CSc2ccccc21. The molecule has 1 aliphatic rings. The molecule has 1 aliphatic heterocycles. The molecule has 2 aromatic carbocycles. The van der Waals surface area contributed by atoms with Crippen molar-refractivity contribution in [3.05, 3.63) is 94.4 Å². The normalized spacial score (nSPS) is 15.0. The van der Waals surface area contributed by atoms with Gasteiger partial charge in [-0.3, -0.25) is 9.78 Å². The number of fused-ring (bicyclic) bond motifs is 2. The molecule has 7 heteroatoms. The third kappa shape index (κ3) is 3.80. The van der Waals surface area contributed by atoms with Crippen molar-refractivity contribution in [2.24, 2.45) is 0 Å². The lowest BCUT2D eigenvalue weighted by atomic mass is 9.88. The molecule has 3 heterocycles. The first-order chi connectivity index (χ1) is 14.7. The Hall–Kier alpha value is -2.48. The first-order valence-corrected chi connectivity index (χ1v) is 12.0. The van der Waals surface area contributed by atoms with Crippen LogP contribution in [0.2, 0.25) is 0 Å². The Balaban J connectivity index is 1.48. The topological polar surface area (TPSA) is 54.9 Å². The zero-order valence-corrected chi connectivity index (χ0v) is 18.9. The Bertz CT molecular complexity index is 1190. The Kier molecular flexibility index (Phi) is 5.41. The molecular formula is C23H16BrN3OS2. The maximum atomic E-state index is 13.5. The molecule has 4 aromatic rings. The molecule has 1 amide bonds. The van der Waals surface area contributed by atoms with E-state index in [2.05, 4.69) is 55.5 Å². The minimum Gasteiger partial charge on any atom is -0.301 e. The minimum absolute atomic E-state index is 0.0642. The van der Waals surface area contributed by atoms with Crippen molar-refractivity contribution in [3.63, 3.8) is 0 Å². The number of nitrogens with one attached hydrogen (secondary N) is 1. The number of thiazole rings is 1. The van der Waals surface area contributed by atoms with Crippen LogP contribution < -0.4 is 5.32 Å². The van der Waals surface area contributed by atoms with E-state index in [9.17, 15) is 4.79 Å². The lowest BCUT2D eigenvalue weighted by Crippen LogP contribution is -2.22. The van der Waals surface area contributed by atoms with Gasteiger partial charge in [-0.1, -0.05) is 53.8 Å². The number of halogens is 1. The van der Waals surface area contributed by atoms with E-state index in [0.717, 1.165) is 36.7 Å². The molecule has 4 nitrogen and oxygen atoms in total. The van der Waals surface area contributed by atoms with E-state index in [0.29, 0.717) is 5.13 Å². The summed E-state index contributed by atoms with van der Waals surface area (Å²) in [6.07, 6.45) is 5.31. The summed E-state index contributed by atoms with van der Waals surface area (Å²) in [7, 11) is 0. The van der Waals surface area contributed by atoms with Crippen molar-refractivity contribution in [3.8, 4) is 10.4 Å². The largest absolute Gasteiger partial charge is 0.301 e. The first kappa shape index (κ1) is 19.5. The number of aromatic nitrogens is 2. The van der Waals surface area contributed by atoms with Crippen LogP contribution in [0.5, 0.6) is 0 Å². The van der Waals surface area contributed by atoms with Crippen molar-refractivity contribution in [2.75, 3.05) is 5.32 Å². The number of pyridine rings is 1. The first-order valence-electron chi connectivity index (χ1n) is 9.36. The van der Waals surface area contributed by atoms with Gasteiger partial charge in [-0.2, -0.15) is 0 Å². The van der Waals surface area contributed by atoms with Crippen LogP contribution >= 0.6 is 39.0 Å². The van der Waals surface area contributed by atoms with E-state index in [4.69, 9.17) is 0 Å². The lowest BCUT2D eigenvalue weighted by molar-refractivity contribution is -0.116. The summed E-state index contributed by atoms with van der Waals surface area (Å²) in [6, 6.07) is 18.3. The van der Waals surface area contributed by atoms with E-state index in [1.165, 1.54) is 16.9 Å². The standard InChI is InChI=1S/C23H16BrN3OS2/c24-16-9-15(10-25-11-16)20-12-26-23(30-20)27-22(28)21-17-6-2-1-5-14(17)13-29-19-8-4-3-7-18(19)21/h1-12,21H,13H2,(H,26,27,28). The van der Waals surface area contributed by atoms with Gasteiger partial charge in [-0.25, -0.2) is 4.98 Å². The molecule has 148 valence electrons. The minimum atomic E-state index is -0.368. The average molecular weight is 494 g/mol. The second-order valence-corrected chi connectivity index (χ2v) is 9.83. The van der Waals surface area contributed by atoms with Gasteiger partial charge in [-0.05, 0) is 44.8 Å². The van der Waals surface area contributed by atoms with E-state index in [-0.39, 0.29) is 11.8 Å². The molecule has 1 unspecified atom stereocenters. The molecule has 1 N–H and O–H groups in total. The third-order valence-corrected chi connectivity index (χ3v) is 7.50. The summed E-state index contributed by atoms with van der Waals surface area (Å²) < 4.78 is 0.906. The number of hydrogen-bond acceptors (Lipinski definition) is 5. The van der Waals surface area contributed by atoms with E-state index < -0.39 is 0 Å². The smallest absolute Gasteiger partial charge is 0.238 e. The zero-order valence-electron chi connectivity index (χ0n) is 15.7. The van der Waals surface area contributed by atoms with Gasteiger partial charge in [0.1, 0.15) is 0 Å².